The second kappa shape index (κ2) is 5.39. The van der Waals surface area contributed by atoms with E-state index in [2.05, 4.69) is 23.0 Å². The van der Waals surface area contributed by atoms with Crippen LogP contribution in [0.15, 0.2) is 58.6 Å². The molecule has 2 heteroatoms. The Morgan fingerprint density at radius 3 is 2.41 bits per heavy atom. The summed E-state index contributed by atoms with van der Waals surface area (Å²) in [5.74, 6) is 0. The van der Waals surface area contributed by atoms with E-state index in [-0.39, 0.29) is 0 Å². The van der Waals surface area contributed by atoms with Crippen LogP contribution in [-0.4, -0.2) is 18.0 Å². The van der Waals surface area contributed by atoms with Crippen LogP contribution in [0, 0.1) is 6.92 Å². The number of allylic oxidation sites excluding steroid dienone is 4. The first kappa shape index (κ1) is 11.5. The van der Waals surface area contributed by atoms with Gasteiger partial charge in [-0.05, 0) is 37.6 Å². The average molecular weight is 224 g/mol. The molecule has 1 aromatic carbocycles. The molecule has 0 N–H and O–H groups in total. The van der Waals surface area contributed by atoms with Gasteiger partial charge in [-0.25, -0.2) is 4.99 Å². The standard InChI is InChI=1S/C15H16N2/c1-3-16-14-10-6-7-11-15(14)17-13-9-5-4-8-12(13)2/h4-11H,3H2,1-2H3. The van der Waals surface area contributed by atoms with Crippen molar-refractivity contribution in [1.29, 1.82) is 0 Å². The van der Waals surface area contributed by atoms with Crippen LogP contribution >= 0.6 is 0 Å². The molecule has 0 unspecified atom stereocenters. The zero-order chi connectivity index (χ0) is 12.1. The minimum absolute atomic E-state index is 0.778. The van der Waals surface area contributed by atoms with Crippen LogP contribution in [-0.2, 0) is 0 Å². The van der Waals surface area contributed by atoms with Crippen LogP contribution in [0.5, 0.6) is 0 Å². The van der Waals surface area contributed by atoms with E-state index >= 15 is 0 Å². The molecule has 0 bridgehead atoms. The molecular formula is C15H16N2. The predicted molar refractivity (Wildman–Crippen MR) is 74.5 cm³/mol. The Kier molecular flexibility index (Phi) is 3.66. The molecule has 0 aromatic heterocycles. The molecule has 2 rings (SSSR count). The average Bonchev–Trinajstić information content (AvgIpc) is 2.35. The Labute approximate surface area is 102 Å². The quantitative estimate of drug-likeness (QED) is 0.685. The van der Waals surface area contributed by atoms with Crippen LogP contribution in [0.1, 0.15) is 12.5 Å². The van der Waals surface area contributed by atoms with Crippen molar-refractivity contribution in [1.82, 2.24) is 0 Å². The Hall–Kier alpha value is -1.96. The highest BCUT2D eigenvalue weighted by molar-refractivity contribution is 6.51. The molecule has 0 atom stereocenters. The van der Waals surface area contributed by atoms with Gasteiger partial charge in [0.2, 0.25) is 0 Å². The van der Waals surface area contributed by atoms with Gasteiger partial charge in [0.25, 0.3) is 0 Å². The fourth-order valence-corrected chi connectivity index (χ4v) is 1.68. The lowest BCUT2D eigenvalue weighted by Gasteiger charge is -2.06. The molecule has 0 saturated heterocycles. The van der Waals surface area contributed by atoms with E-state index in [0.29, 0.717) is 0 Å². The molecule has 0 saturated carbocycles. The van der Waals surface area contributed by atoms with Crippen molar-refractivity contribution in [2.24, 2.45) is 9.98 Å². The molecule has 1 aliphatic carbocycles. The smallest absolute Gasteiger partial charge is 0.0889 e. The fourth-order valence-electron chi connectivity index (χ4n) is 1.68. The van der Waals surface area contributed by atoms with Gasteiger partial charge in [0.05, 0.1) is 17.1 Å². The molecular weight excluding hydrogens is 208 g/mol. The summed E-state index contributed by atoms with van der Waals surface area (Å²) in [6, 6.07) is 8.12. The maximum Gasteiger partial charge on any atom is 0.0889 e. The van der Waals surface area contributed by atoms with Gasteiger partial charge >= 0.3 is 0 Å². The van der Waals surface area contributed by atoms with Gasteiger partial charge in [-0.3, -0.25) is 4.99 Å². The number of para-hydroxylation sites is 1. The molecule has 1 aliphatic rings. The molecule has 2 nitrogen and oxygen atoms in total. The molecule has 17 heavy (non-hydrogen) atoms. The second-order valence-electron chi connectivity index (χ2n) is 3.86. The van der Waals surface area contributed by atoms with Crippen molar-refractivity contribution in [2.45, 2.75) is 13.8 Å². The molecule has 0 aliphatic heterocycles. The van der Waals surface area contributed by atoms with Crippen molar-refractivity contribution >= 4 is 17.1 Å². The fraction of sp³-hybridized carbons (Fsp3) is 0.200. The molecule has 1 aromatic rings. The van der Waals surface area contributed by atoms with E-state index in [1.807, 2.05) is 49.4 Å². The highest BCUT2D eigenvalue weighted by Gasteiger charge is 2.06. The largest absolute Gasteiger partial charge is 0.283 e. The highest BCUT2D eigenvalue weighted by atomic mass is 14.8. The summed E-state index contributed by atoms with van der Waals surface area (Å²) in [6.07, 6.45) is 7.98. The van der Waals surface area contributed by atoms with Gasteiger partial charge in [-0.2, -0.15) is 0 Å². The predicted octanol–water partition coefficient (Wildman–Crippen LogP) is 3.65. The number of rotatable bonds is 2. The van der Waals surface area contributed by atoms with Crippen molar-refractivity contribution in [3.05, 3.63) is 54.1 Å². The zero-order valence-electron chi connectivity index (χ0n) is 10.2. The summed E-state index contributed by atoms with van der Waals surface area (Å²) < 4.78 is 0. The normalized spacial score (nSPS) is 19.2. The third kappa shape index (κ3) is 2.78. The van der Waals surface area contributed by atoms with E-state index in [4.69, 9.17) is 0 Å². The first-order valence-corrected chi connectivity index (χ1v) is 5.85. The number of hydrogen-bond acceptors (Lipinski definition) is 2. The summed E-state index contributed by atoms with van der Waals surface area (Å²) in [5.41, 5.74) is 4.08. The maximum atomic E-state index is 4.67. The number of benzene rings is 1. The van der Waals surface area contributed by atoms with Gasteiger partial charge < -0.3 is 0 Å². The SMILES string of the molecule is CCN=C1C=CC=CC1=Nc1ccccc1C. The van der Waals surface area contributed by atoms with E-state index in [9.17, 15) is 0 Å². The van der Waals surface area contributed by atoms with Crippen LogP contribution in [0.25, 0.3) is 0 Å². The van der Waals surface area contributed by atoms with Gasteiger partial charge in [0.15, 0.2) is 0 Å². The molecule has 0 amide bonds. The first-order chi connectivity index (χ1) is 8.31. The lowest BCUT2D eigenvalue weighted by Crippen LogP contribution is -2.11. The summed E-state index contributed by atoms with van der Waals surface area (Å²) in [6.45, 7) is 4.88. The number of aliphatic imine (C=N–C) groups is 2. The monoisotopic (exact) mass is 224 g/mol. The highest BCUT2D eigenvalue weighted by Crippen LogP contribution is 2.18. The van der Waals surface area contributed by atoms with Crippen molar-refractivity contribution in [3.63, 3.8) is 0 Å². The zero-order valence-corrected chi connectivity index (χ0v) is 10.2. The third-order valence-corrected chi connectivity index (χ3v) is 2.57. The second-order valence-corrected chi connectivity index (χ2v) is 3.86. The van der Waals surface area contributed by atoms with E-state index in [1.54, 1.807) is 0 Å². The summed E-state index contributed by atoms with van der Waals surface area (Å²) in [4.78, 5) is 9.10. The van der Waals surface area contributed by atoms with Crippen molar-refractivity contribution in [3.8, 4) is 0 Å². The molecule has 0 fully saturated rings. The number of hydrogen-bond donors (Lipinski definition) is 0. The number of aryl methyl sites for hydroxylation is 1. The maximum absolute atomic E-state index is 4.67. The Balaban J connectivity index is 2.39. The Morgan fingerprint density at radius 1 is 1.00 bits per heavy atom. The van der Waals surface area contributed by atoms with Gasteiger partial charge in [0.1, 0.15) is 0 Å². The summed E-state index contributed by atoms with van der Waals surface area (Å²) >= 11 is 0. The van der Waals surface area contributed by atoms with Crippen molar-refractivity contribution in [2.75, 3.05) is 6.54 Å². The first-order valence-electron chi connectivity index (χ1n) is 5.85. The van der Waals surface area contributed by atoms with Gasteiger partial charge in [0, 0.05) is 6.54 Å². The van der Waals surface area contributed by atoms with E-state index < -0.39 is 0 Å². The number of nitrogens with zero attached hydrogens (tertiary/aromatic N) is 2. The topological polar surface area (TPSA) is 24.7 Å². The van der Waals surface area contributed by atoms with Crippen LogP contribution < -0.4 is 0 Å². The third-order valence-electron chi connectivity index (χ3n) is 2.57. The van der Waals surface area contributed by atoms with E-state index in [0.717, 1.165) is 23.7 Å². The van der Waals surface area contributed by atoms with Crippen LogP contribution in [0.3, 0.4) is 0 Å². The van der Waals surface area contributed by atoms with Crippen LogP contribution in [0.4, 0.5) is 5.69 Å². The minimum Gasteiger partial charge on any atom is -0.283 e. The molecule has 0 heterocycles. The Bertz CT molecular complexity index is 519. The van der Waals surface area contributed by atoms with Gasteiger partial charge in [-0.1, -0.05) is 30.4 Å². The summed E-state index contributed by atoms with van der Waals surface area (Å²) in [5, 5.41) is 0. The van der Waals surface area contributed by atoms with Crippen molar-refractivity contribution < 1.29 is 0 Å². The Morgan fingerprint density at radius 2 is 1.71 bits per heavy atom. The lowest BCUT2D eigenvalue weighted by molar-refractivity contribution is 1.14. The van der Waals surface area contributed by atoms with Gasteiger partial charge in [-0.15, -0.1) is 0 Å². The molecule has 0 radical (unpaired) electrons. The molecule has 0 spiro atoms. The molecule has 86 valence electrons. The van der Waals surface area contributed by atoms with Crippen LogP contribution in [0.2, 0.25) is 0 Å². The minimum atomic E-state index is 0.778. The lowest BCUT2D eigenvalue weighted by atomic mass is 10.1. The summed E-state index contributed by atoms with van der Waals surface area (Å²) in [7, 11) is 0. The van der Waals surface area contributed by atoms with E-state index in [1.165, 1.54) is 5.56 Å².